The van der Waals surface area contributed by atoms with Crippen LogP contribution in [0.25, 0.3) is 0 Å². The van der Waals surface area contributed by atoms with Crippen molar-refractivity contribution in [3.8, 4) is 0 Å². The van der Waals surface area contributed by atoms with Gasteiger partial charge in [-0.1, -0.05) is 6.92 Å². The Morgan fingerprint density at radius 3 is 2.42 bits per heavy atom. The molecule has 0 saturated heterocycles. The van der Waals surface area contributed by atoms with Crippen LogP contribution in [0.5, 0.6) is 0 Å². The summed E-state index contributed by atoms with van der Waals surface area (Å²) in [6, 6.07) is 0. The van der Waals surface area contributed by atoms with Crippen LogP contribution in [-0.4, -0.2) is 23.9 Å². The first kappa shape index (κ1) is 10.0. The maximum atomic E-state index is 9.01. The van der Waals surface area contributed by atoms with E-state index in [0.717, 1.165) is 5.92 Å². The van der Waals surface area contributed by atoms with Crippen molar-refractivity contribution in [2.45, 2.75) is 51.7 Å². The fourth-order valence-corrected chi connectivity index (χ4v) is 1.67. The lowest BCUT2D eigenvalue weighted by atomic mass is 9.89. The third-order valence-electron chi connectivity index (χ3n) is 2.54. The molecule has 0 aliphatic heterocycles. The standard InChI is InChI=1S/C10H20O2/c1-8-3-5-10(6-4-8)12-7-9(2)11/h8-11H,3-7H2,1-2H3/t8?,9-,10?/m1/s1. The molecule has 0 unspecified atom stereocenters. The van der Waals surface area contributed by atoms with Crippen molar-refractivity contribution in [3.63, 3.8) is 0 Å². The summed E-state index contributed by atoms with van der Waals surface area (Å²) in [6.07, 6.45) is 5.01. The van der Waals surface area contributed by atoms with E-state index in [2.05, 4.69) is 6.92 Å². The SMILES string of the molecule is CC1CCC(OC[C@@H](C)O)CC1. The highest BCUT2D eigenvalue weighted by Crippen LogP contribution is 2.25. The summed E-state index contributed by atoms with van der Waals surface area (Å²) in [6.45, 7) is 4.56. The molecule has 2 heteroatoms. The molecule has 1 saturated carbocycles. The van der Waals surface area contributed by atoms with Crippen molar-refractivity contribution in [1.82, 2.24) is 0 Å². The van der Waals surface area contributed by atoms with Gasteiger partial charge < -0.3 is 9.84 Å². The van der Waals surface area contributed by atoms with E-state index in [1.165, 1.54) is 25.7 Å². The third kappa shape index (κ3) is 3.55. The molecule has 0 aromatic carbocycles. The maximum absolute atomic E-state index is 9.01. The highest BCUT2D eigenvalue weighted by Gasteiger charge is 2.18. The van der Waals surface area contributed by atoms with Crippen LogP contribution in [0.15, 0.2) is 0 Å². The fourth-order valence-electron chi connectivity index (χ4n) is 1.67. The number of hydrogen-bond acceptors (Lipinski definition) is 2. The average Bonchev–Trinajstić information content (AvgIpc) is 2.03. The van der Waals surface area contributed by atoms with Crippen molar-refractivity contribution in [1.29, 1.82) is 0 Å². The highest BCUT2D eigenvalue weighted by atomic mass is 16.5. The molecular weight excluding hydrogens is 152 g/mol. The lowest BCUT2D eigenvalue weighted by molar-refractivity contribution is -0.0230. The second-order valence-electron chi connectivity index (χ2n) is 4.06. The van der Waals surface area contributed by atoms with Crippen LogP contribution in [-0.2, 0) is 4.74 Å². The van der Waals surface area contributed by atoms with E-state index in [1.54, 1.807) is 6.92 Å². The lowest BCUT2D eigenvalue weighted by Gasteiger charge is -2.26. The van der Waals surface area contributed by atoms with Gasteiger partial charge >= 0.3 is 0 Å². The Kier molecular flexibility index (Phi) is 4.02. The Bertz CT molecular complexity index is 115. The summed E-state index contributed by atoms with van der Waals surface area (Å²) < 4.78 is 5.54. The second-order valence-corrected chi connectivity index (χ2v) is 4.06. The number of rotatable bonds is 3. The summed E-state index contributed by atoms with van der Waals surface area (Å²) in [5.74, 6) is 0.872. The van der Waals surface area contributed by atoms with Crippen LogP contribution in [0.2, 0.25) is 0 Å². The number of hydrogen-bond donors (Lipinski definition) is 1. The van der Waals surface area contributed by atoms with Gasteiger partial charge in [0.25, 0.3) is 0 Å². The molecular formula is C10H20O2. The molecule has 0 aromatic rings. The second kappa shape index (κ2) is 4.83. The molecule has 1 fully saturated rings. The Hall–Kier alpha value is -0.0800. The van der Waals surface area contributed by atoms with Crippen LogP contribution in [0.4, 0.5) is 0 Å². The highest BCUT2D eigenvalue weighted by molar-refractivity contribution is 4.70. The Morgan fingerprint density at radius 1 is 1.33 bits per heavy atom. The molecule has 0 spiro atoms. The van der Waals surface area contributed by atoms with Gasteiger partial charge in [0.2, 0.25) is 0 Å². The van der Waals surface area contributed by atoms with E-state index < -0.39 is 0 Å². The first-order chi connectivity index (χ1) is 5.68. The predicted octanol–water partition coefficient (Wildman–Crippen LogP) is 1.96. The van der Waals surface area contributed by atoms with Crippen molar-refractivity contribution >= 4 is 0 Å². The van der Waals surface area contributed by atoms with E-state index >= 15 is 0 Å². The van der Waals surface area contributed by atoms with Crippen molar-refractivity contribution in [3.05, 3.63) is 0 Å². The van der Waals surface area contributed by atoms with Crippen LogP contribution in [0, 0.1) is 5.92 Å². The Balaban J connectivity index is 2.09. The quantitative estimate of drug-likeness (QED) is 0.705. The van der Waals surface area contributed by atoms with Gasteiger partial charge in [-0.05, 0) is 38.5 Å². The maximum Gasteiger partial charge on any atom is 0.0745 e. The monoisotopic (exact) mass is 172 g/mol. The van der Waals surface area contributed by atoms with Gasteiger partial charge in [0.05, 0.1) is 18.8 Å². The molecule has 0 bridgehead atoms. The first-order valence-electron chi connectivity index (χ1n) is 4.98. The fraction of sp³-hybridized carbons (Fsp3) is 1.00. The Morgan fingerprint density at radius 2 is 1.92 bits per heavy atom. The van der Waals surface area contributed by atoms with Crippen LogP contribution in [0.1, 0.15) is 39.5 Å². The summed E-state index contributed by atoms with van der Waals surface area (Å²) in [7, 11) is 0. The van der Waals surface area contributed by atoms with Crippen LogP contribution in [0.3, 0.4) is 0 Å². The summed E-state index contributed by atoms with van der Waals surface area (Å²) in [5.41, 5.74) is 0. The molecule has 1 aliphatic carbocycles. The zero-order valence-corrected chi connectivity index (χ0v) is 8.12. The molecule has 72 valence electrons. The Labute approximate surface area is 74.9 Å². The first-order valence-corrected chi connectivity index (χ1v) is 4.98. The molecule has 1 atom stereocenters. The minimum atomic E-state index is -0.315. The van der Waals surface area contributed by atoms with Crippen molar-refractivity contribution in [2.75, 3.05) is 6.61 Å². The predicted molar refractivity (Wildman–Crippen MR) is 49.1 cm³/mol. The van der Waals surface area contributed by atoms with Gasteiger partial charge in [-0.2, -0.15) is 0 Å². The molecule has 12 heavy (non-hydrogen) atoms. The summed E-state index contributed by atoms with van der Waals surface area (Å²) >= 11 is 0. The zero-order valence-electron chi connectivity index (χ0n) is 8.12. The summed E-state index contributed by atoms with van der Waals surface area (Å²) in [4.78, 5) is 0. The largest absolute Gasteiger partial charge is 0.391 e. The van der Waals surface area contributed by atoms with Crippen LogP contribution < -0.4 is 0 Å². The van der Waals surface area contributed by atoms with Gasteiger partial charge in [0.15, 0.2) is 0 Å². The minimum absolute atomic E-state index is 0.315. The topological polar surface area (TPSA) is 29.5 Å². The zero-order chi connectivity index (χ0) is 8.97. The molecule has 0 amide bonds. The number of aliphatic hydroxyl groups excluding tert-OH is 1. The van der Waals surface area contributed by atoms with E-state index in [9.17, 15) is 0 Å². The average molecular weight is 172 g/mol. The molecule has 0 radical (unpaired) electrons. The molecule has 0 aromatic heterocycles. The number of aliphatic hydroxyl groups is 1. The van der Waals surface area contributed by atoms with Gasteiger partial charge in [0.1, 0.15) is 0 Å². The molecule has 0 heterocycles. The van der Waals surface area contributed by atoms with Gasteiger partial charge in [-0.25, -0.2) is 0 Å². The molecule has 1 rings (SSSR count). The smallest absolute Gasteiger partial charge is 0.0745 e. The molecule has 1 aliphatic rings. The molecule has 1 N–H and O–H groups in total. The number of ether oxygens (including phenoxy) is 1. The van der Waals surface area contributed by atoms with Gasteiger partial charge in [-0.15, -0.1) is 0 Å². The van der Waals surface area contributed by atoms with E-state index in [1.807, 2.05) is 0 Å². The van der Waals surface area contributed by atoms with Crippen molar-refractivity contribution < 1.29 is 9.84 Å². The third-order valence-corrected chi connectivity index (χ3v) is 2.54. The van der Waals surface area contributed by atoms with E-state index in [-0.39, 0.29) is 6.10 Å². The molecule has 2 nitrogen and oxygen atoms in total. The van der Waals surface area contributed by atoms with Crippen molar-refractivity contribution in [2.24, 2.45) is 5.92 Å². The summed E-state index contributed by atoms with van der Waals surface area (Å²) in [5, 5.41) is 9.01. The van der Waals surface area contributed by atoms with E-state index in [4.69, 9.17) is 9.84 Å². The lowest BCUT2D eigenvalue weighted by Crippen LogP contribution is -2.24. The van der Waals surface area contributed by atoms with Gasteiger partial charge in [-0.3, -0.25) is 0 Å². The van der Waals surface area contributed by atoms with E-state index in [0.29, 0.717) is 12.7 Å². The minimum Gasteiger partial charge on any atom is -0.391 e. The van der Waals surface area contributed by atoms with Gasteiger partial charge in [0, 0.05) is 0 Å². The normalized spacial score (nSPS) is 33.2. The van der Waals surface area contributed by atoms with Crippen LogP contribution >= 0.6 is 0 Å².